The van der Waals surface area contributed by atoms with E-state index in [1.807, 2.05) is 13.1 Å². The van der Waals surface area contributed by atoms with Crippen LogP contribution in [0, 0.1) is 5.92 Å². The molecule has 2 fully saturated rings. The number of likely N-dealkylation sites (tertiary alicyclic amines) is 1. The average molecular weight is 443 g/mol. The highest BCUT2D eigenvalue weighted by atomic mass is 19.3. The lowest BCUT2D eigenvalue weighted by molar-refractivity contribution is -0.134. The van der Waals surface area contributed by atoms with Gasteiger partial charge in [0.25, 0.3) is 11.8 Å². The van der Waals surface area contributed by atoms with Crippen LogP contribution in [0.3, 0.4) is 0 Å². The van der Waals surface area contributed by atoms with Crippen molar-refractivity contribution in [3.05, 3.63) is 30.4 Å². The van der Waals surface area contributed by atoms with Gasteiger partial charge in [-0.2, -0.15) is 5.10 Å². The third-order valence-corrected chi connectivity index (χ3v) is 6.01. The fourth-order valence-electron chi connectivity index (χ4n) is 4.02. The predicted molar refractivity (Wildman–Crippen MR) is 111 cm³/mol. The van der Waals surface area contributed by atoms with E-state index < -0.39 is 30.3 Å². The van der Waals surface area contributed by atoms with Crippen LogP contribution >= 0.6 is 0 Å². The Morgan fingerprint density at radius 3 is 2.81 bits per heavy atom. The number of halogens is 2. The molecule has 0 spiro atoms. The second kappa shape index (κ2) is 7.64. The number of aromatic amines is 1. The minimum atomic E-state index is -2.87. The Bertz CT molecular complexity index is 1180. The molecule has 0 bridgehead atoms. The molecule has 168 valence electrons. The topological polar surface area (TPSA) is 109 Å². The Labute approximate surface area is 182 Å². The summed E-state index contributed by atoms with van der Waals surface area (Å²) in [5.41, 5.74) is 2.41. The number of aromatic nitrogens is 5. The van der Waals surface area contributed by atoms with Gasteiger partial charge in [0.15, 0.2) is 5.65 Å². The standard InChI is InChI=1S/C21H23F2N7O2/c1-2-30-10-13(7-26-30)15-9-25-18-17(27-15)14(8-24-18)19(31)28-16(12-3-4-12)20(32)29-6-5-21(22,23)11-29/h7-10,12,16H,2-6,11H2,1H3,(H,24,25)(H,28,31). The van der Waals surface area contributed by atoms with E-state index in [0.29, 0.717) is 23.4 Å². The van der Waals surface area contributed by atoms with E-state index in [4.69, 9.17) is 0 Å². The van der Waals surface area contributed by atoms with Crippen LogP contribution in [0.4, 0.5) is 8.78 Å². The SMILES string of the molecule is CCn1cc(-c2cnc3[nH]cc(C(=O)NC(C(=O)N4CCC(F)(F)C4)C4CC4)c3n2)cn1. The van der Waals surface area contributed by atoms with E-state index in [-0.39, 0.29) is 24.4 Å². The average Bonchev–Trinajstić information content (AvgIpc) is 3.19. The maximum Gasteiger partial charge on any atom is 0.267 e. The predicted octanol–water partition coefficient (Wildman–Crippen LogP) is 2.22. The first-order chi connectivity index (χ1) is 15.3. The number of fused-ring (bicyclic) bond motifs is 1. The molecule has 2 aliphatic rings. The number of nitrogens with one attached hydrogen (secondary N) is 2. The van der Waals surface area contributed by atoms with E-state index >= 15 is 0 Å². The third kappa shape index (κ3) is 3.82. The molecule has 4 heterocycles. The maximum atomic E-state index is 13.6. The number of carbonyl (C=O) groups excluding carboxylic acids is 2. The number of hydrogen-bond donors (Lipinski definition) is 2. The molecule has 0 radical (unpaired) electrons. The van der Waals surface area contributed by atoms with Crippen molar-refractivity contribution in [1.29, 1.82) is 0 Å². The maximum absolute atomic E-state index is 13.6. The summed E-state index contributed by atoms with van der Waals surface area (Å²) in [5, 5.41) is 7.01. The molecule has 1 unspecified atom stereocenters. The Balaban J connectivity index is 1.39. The van der Waals surface area contributed by atoms with E-state index in [9.17, 15) is 18.4 Å². The minimum absolute atomic E-state index is 0.00170. The second-order valence-electron chi connectivity index (χ2n) is 8.39. The van der Waals surface area contributed by atoms with Crippen LogP contribution in [0.25, 0.3) is 22.4 Å². The highest BCUT2D eigenvalue weighted by molar-refractivity contribution is 6.06. The number of H-pyrrole nitrogens is 1. The molecule has 1 saturated heterocycles. The Hall–Kier alpha value is -3.37. The van der Waals surface area contributed by atoms with Crippen molar-refractivity contribution in [3.63, 3.8) is 0 Å². The molecule has 3 aromatic heterocycles. The number of carbonyl (C=O) groups is 2. The molecular formula is C21H23F2N7O2. The summed E-state index contributed by atoms with van der Waals surface area (Å²) in [6, 6.07) is -0.819. The molecule has 1 atom stereocenters. The van der Waals surface area contributed by atoms with E-state index in [1.54, 1.807) is 17.1 Å². The van der Waals surface area contributed by atoms with Gasteiger partial charge in [-0.3, -0.25) is 14.3 Å². The number of aryl methyl sites for hydroxylation is 1. The zero-order chi connectivity index (χ0) is 22.5. The molecule has 2 N–H and O–H groups in total. The normalized spacial score (nSPS) is 18.8. The van der Waals surface area contributed by atoms with Gasteiger partial charge in [0.05, 0.1) is 30.2 Å². The van der Waals surface area contributed by atoms with Crippen molar-refractivity contribution >= 4 is 23.0 Å². The highest BCUT2D eigenvalue weighted by Crippen LogP contribution is 2.35. The van der Waals surface area contributed by atoms with Crippen molar-refractivity contribution in [2.45, 2.75) is 44.7 Å². The highest BCUT2D eigenvalue weighted by Gasteiger charge is 2.45. The summed E-state index contributed by atoms with van der Waals surface area (Å²) in [6.45, 7) is 2.09. The minimum Gasteiger partial charge on any atom is -0.344 e. The number of hydrogen-bond acceptors (Lipinski definition) is 5. The van der Waals surface area contributed by atoms with E-state index in [2.05, 4.69) is 25.4 Å². The van der Waals surface area contributed by atoms with Crippen LogP contribution in [0.15, 0.2) is 24.8 Å². The quantitative estimate of drug-likeness (QED) is 0.607. The summed E-state index contributed by atoms with van der Waals surface area (Å²) in [4.78, 5) is 39.0. The fourth-order valence-corrected chi connectivity index (χ4v) is 4.02. The van der Waals surface area contributed by atoms with Crippen LogP contribution in [0.1, 0.15) is 36.5 Å². The van der Waals surface area contributed by atoms with Gasteiger partial charge in [0.2, 0.25) is 5.91 Å². The van der Waals surface area contributed by atoms with Crippen molar-refractivity contribution in [2.75, 3.05) is 13.1 Å². The monoisotopic (exact) mass is 443 g/mol. The summed E-state index contributed by atoms with van der Waals surface area (Å²) < 4.78 is 28.9. The number of amides is 2. The van der Waals surface area contributed by atoms with Crippen molar-refractivity contribution in [1.82, 2.24) is 34.9 Å². The molecule has 32 heavy (non-hydrogen) atoms. The number of rotatable bonds is 6. The Morgan fingerprint density at radius 1 is 1.34 bits per heavy atom. The number of alkyl halides is 2. The zero-order valence-electron chi connectivity index (χ0n) is 17.5. The van der Waals surface area contributed by atoms with Crippen LogP contribution in [0.5, 0.6) is 0 Å². The second-order valence-corrected chi connectivity index (χ2v) is 8.39. The Morgan fingerprint density at radius 2 is 2.16 bits per heavy atom. The van der Waals surface area contributed by atoms with Gasteiger partial charge in [-0.05, 0) is 25.7 Å². The lowest BCUT2D eigenvalue weighted by atomic mass is 10.1. The third-order valence-electron chi connectivity index (χ3n) is 6.01. The van der Waals surface area contributed by atoms with E-state index in [0.717, 1.165) is 23.3 Å². The molecule has 9 nitrogen and oxygen atoms in total. The first-order valence-electron chi connectivity index (χ1n) is 10.7. The van der Waals surface area contributed by atoms with Crippen molar-refractivity contribution in [2.24, 2.45) is 5.92 Å². The molecule has 0 aromatic carbocycles. The van der Waals surface area contributed by atoms with Crippen LogP contribution in [-0.4, -0.2) is 66.5 Å². The van der Waals surface area contributed by atoms with Gasteiger partial charge in [-0.1, -0.05) is 0 Å². The molecule has 1 aliphatic heterocycles. The van der Waals surface area contributed by atoms with Gasteiger partial charge < -0.3 is 15.2 Å². The summed E-state index contributed by atoms with van der Waals surface area (Å²) in [5.74, 6) is -3.84. The van der Waals surface area contributed by atoms with Crippen LogP contribution < -0.4 is 5.32 Å². The molecule has 3 aromatic rings. The van der Waals surface area contributed by atoms with Gasteiger partial charge in [-0.25, -0.2) is 18.7 Å². The summed E-state index contributed by atoms with van der Waals surface area (Å²) in [6.07, 6.45) is 7.83. The molecule has 1 saturated carbocycles. The summed E-state index contributed by atoms with van der Waals surface area (Å²) in [7, 11) is 0. The first-order valence-corrected chi connectivity index (χ1v) is 10.7. The van der Waals surface area contributed by atoms with Gasteiger partial charge in [0, 0.05) is 37.5 Å². The first kappa shape index (κ1) is 20.5. The molecule has 1 aliphatic carbocycles. The van der Waals surface area contributed by atoms with Crippen LogP contribution in [-0.2, 0) is 11.3 Å². The largest absolute Gasteiger partial charge is 0.344 e. The lowest BCUT2D eigenvalue weighted by Gasteiger charge is -2.24. The van der Waals surface area contributed by atoms with Gasteiger partial charge in [-0.15, -0.1) is 0 Å². The zero-order valence-corrected chi connectivity index (χ0v) is 17.5. The van der Waals surface area contributed by atoms with Gasteiger partial charge >= 0.3 is 0 Å². The van der Waals surface area contributed by atoms with Gasteiger partial charge in [0.1, 0.15) is 11.6 Å². The lowest BCUT2D eigenvalue weighted by Crippen LogP contribution is -2.49. The molecule has 11 heteroatoms. The van der Waals surface area contributed by atoms with Crippen LogP contribution in [0.2, 0.25) is 0 Å². The molecular weight excluding hydrogens is 420 g/mol. The molecule has 5 rings (SSSR count). The summed E-state index contributed by atoms with van der Waals surface area (Å²) >= 11 is 0. The van der Waals surface area contributed by atoms with Crippen molar-refractivity contribution in [3.8, 4) is 11.3 Å². The van der Waals surface area contributed by atoms with E-state index in [1.165, 1.54) is 6.20 Å². The fraction of sp³-hybridized carbons (Fsp3) is 0.476. The Kier molecular flexibility index (Phi) is 4.90. The molecule has 2 amide bonds. The smallest absolute Gasteiger partial charge is 0.267 e. The van der Waals surface area contributed by atoms with Crippen molar-refractivity contribution < 1.29 is 18.4 Å². The number of nitrogens with zero attached hydrogens (tertiary/aromatic N) is 5.